The summed E-state index contributed by atoms with van der Waals surface area (Å²) in [6.07, 6.45) is -0.466. The van der Waals surface area contributed by atoms with Crippen LogP contribution in [-0.2, 0) is 11.3 Å². The molecular weight excluding hydrogens is 387 g/mol. The standard InChI is InChI=1S/C18H25N3O.C2HF3O2/c1-15-5-3-4-6-18(15)22-17-8-10-20(11-9-17)13-14-21-12-7-16(2)19-21;3-2(4,5)1(6)7/h3-7,12,17H,8-11,13-14H2,1-2H3;(H,6,7). The number of carbonyl (C=O) groups is 1. The first-order chi connectivity index (χ1) is 13.6. The number of para-hydroxylation sites is 1. The summed E-state index contributed by atoms with van der Waals surface area (Å²) < 4.78 is 39.9. The lowest BCUT2D eigenvalue weighted by Crippen LogP contribution is -2.39. The zero-order valence-electron chi connectivity index (χ0n) is 16.5. The first-order valence-electron chi connectivity index (χ1n) is 9.40. The molecule has 29 heavy (non-hydrogen) atoms. The maximum atomic E-state index is 10.6. The summed E-state index contributed by atoms with van der Waals surface area (Å²) in [7, 11) is 0. The molecule has 1 aliphatic heterocycles. The molecule has 0 spiro atoms. The lowest BCUT2D eigenvalue weighted by molar-refractivity contribution is -0.192. The number of nitrogens with zero attached hydrogens (tertiary/aromatic N) is 3. The molecule has 1 saturated heterocycles. The Hall–Kier alpha value is -2.55. The molecule has 160 valence electrons. The largest absolute Gasteiger partial charge is 0.490 e. The molecule has 1 fully saturated rings. The number of aryl methyl sites for hydroxylation is 2. The molecule has 0 unspecified atom stereocenters. The van der Waals surface area contributed by atoms with Gasteiger partial charge in [-0.3, -0.25) is 4.68 Å². The Morgan fingerprint density at radius 3 is 2.31 bits per heavy atom. The summed E-state index contributed by atoms with van der Waals surface area (Å²) in [5.41, 5.74) is 2.31. The van der Waals surface area contributed by atoms with E-state index >= 15 is 0 Å². The van der Waals surface area contributed by atoms with E-state index in [0.29, 0.717) is 6.10 Å². The number of benzene rings is 1. The Labute approximate surface area is 167 Å². The van der Waals surface area contributed by atoms with E-state index in [4.69, 9.17) is 14.6 Å². The number of piperidine rings is 1. The van der Waals surface area contributed by atoms with E-state index in [1.807, 2.05) is 17.7 Å². The van der Waals surface area contributed by atoms with Crippen LogP contribution in [0.2, 0.25) is 0 Å². The molecular formula is C20H26F3N3O3. The van der Waals surface area contributed by atoms with E-state index in [1.54, 1.807) is 0 Å². The van der Waals surface area contributed by atoms with Gasteiger partial charge in [0.2, 0.25) is 0 Å². The molecule has 2 aromatic rings. The Bertz CT molecular complexity index is 785. The third-order valence-corrected chi connectivity index (χ3v) is 4.58. The average Bonchev–Trinajstić information content (AvgIpc) is 3.08. The molecule has 0 aliphatic carbocycles. The fourth-order valence-corrected chi connectivity index (χ4v) is 2.95. The Kier molecular flexibility index (Phi) is 8.07. The van der Waals surface area contributed by atoms with Crippen LogP contribution in [0.3, 0.4) is 0 Å². The van der Waals surface area contributed by atoms with Crippen LogP contribution in [0.4, 0.5) is 13.2 Å². The number of ether oxygens (including phenoxy) is 1. The molecule has 0 atom stereocenters. The second kappa shape index (κ2) is 10.3. The number of aromatic nitrogens is 2. The number of aliphatic carboxylic acids is 1. The minimum Gasteiger partial charge on any atom is -0.490 e. The van der Waals surface area contributed by atoms with Crippen LogP contribution < -0.4 is 4.74 Å². The molecule has 0 amide bonds. The molecule has 1 aromatic heterocycles. The molecule has 1 aromatic carbocycles. The number of carboxylic acids is 1. The number of likely N-dealkylation sites (tertiary alicyclic amines) is 1. The Balaban J connectivity index is 0.000000370. The zero-order chi connectivity index (χ0) is 21.4. The fourth-order valence-electron chi connectivity index (χ4n) is 2.95. The van der Waals surface area contributed by atoms with Gasteiger partial charge in [-0.05, 0) is 44.4 Å². The van der Waals surface area contributed by atoms with Crippen molar-refractivity contribution in [2.45, 2.75) is 45.5 Å². The van der Waals surface area contributed by atoms with Gasteiger partial charge in [0.25, 0.3) is 0 Å². The highest BCUT2D eigenvalue weighted by Gasteiger charge is 2.38. The van der Waals surface area contributed by atoms with Gasteiger partial charge in [0, 0.05) is 25.8 Å². The Morgan fingerprint density at radius 1 is 1.17 bits per heavy atom. The summed E-state index contributed by atoms with van der Waals surface area (Å²) in [6.45, 7) is 8.39. The molecule has 1 aliphatic rings. The number of alkyl halides is 3. The van der Waals surface area contributed by atoms with Crippen molar-refractivity contribution in [3.63, 3.8) is 0 Å². The fraction of sp³-hybridized carbons (Fsp3) is 0.500. The van der Waals surface area contributed by atoms with Crippen LogP contribution in [0.15, 0.2) is 36.5 Å². The molecule has 0 radical (unpaired) electrons. The second-order valence-electron chi connectivity index (χ2n) is 6.95. The van der Waals surface area contributed by atoms with Crippen LogP contribution in [0.1, 0.15) is 24.1 Å². The van der Waals surface area contributed by atoms with E-state index in [0.717, 1.165) is 50.5 Å². The second-order valence-corrected chi connectivity index (χ2v) is 6.95. The van der Waals surface area contributed by atoms with Gasteiger partial charge < -0.3 is 14.7 Å². The topological polar surface area (TPSA) is 67.6 Å². The molecule has 0 bridgehead atoms. The molecule has 3 rings (SSSR count). The van der Waals surface area contributed by atoms with Crippen molar-refractivity contribution in [1.82, 2.24) is 14.7 Å². The maximum absolute atomic E-state index is 10.6. The minimum atomic E-state index is -5.08. The predicted molar refractivity (Wildman–Crippen MR) is 102 cm³/mol. The highest BCUT2D eigenvalue weighted by atomic mass is 19.4. The highest BCUT2D eigenvalue weighted by molar-refractivity contribution is 5.73. The van der Waals surface area contributed by atoms with Crippen molar-refractivity contribution in [2.24, 2.45) is 0 Å². The average molecular weight is 413 g/mol. The van der Waals surface area contributed by atoms with Gasteiger partial charge in [0.15, 0.2) is 0 Å². The molecule has 6 nitrogen and oxygen atoms in total. The van der Waals surface area contributed by atoms with Crippen LogP contribution in [-0.4, -0.2) is 57.7 Å². The third-order valence-electron chi connectivity index (χ3n) is 4.58. The third kappa shape index (κ3) is 7.77. The zero-order valence-corrected chi connectivity index (χ0v) is 16.5. The number of hydrogen-bond acceptors (Lipinski definition) is 4. The van der Waals surface area contributed by atoms with Crippen molar-refractivity contribution in [1.29, 1.82) is 0 Å². The quantitative estimate of drug-likeness (QED) is 0.810. The van der Waals surface area contributed by atoms with Crippen LogP contribution in [0, 0.1) is 13.8 Å². The lowest BCUT2D eigenvalue weighted by Gasteiger charge is -2.32. The summed E-state index contributed by atoms with van der Waals surface area (Å²) >= 11 is 0. The summed E-state index contributed by atoms with van der Waals surface area (Å²) in [4.78, 5) is 11.4. The van der Waals surface area contributed by atoms with Gasteiger partial charge in [-0.2, -0.15) is 18.3 Å². The monoisotopic (exact) mass is 413 g/mol. The van der Waals surface area contributed by atoms with Gasteiger partial charge in [-0.25, -0.2) is 4.79 Å². The van der Waals surface area contributed by atoms with Crippen molar-refractivity contribution in [2.75, 3.05) is 19.6 Å². The maximum Gasteiger partial charge on any atom is 0.490 e. The van der Waals surface area contributed by atoms with E-state index in [9.17, 15) is 13.2 Å². The van der Waals surface area contributed by atoms with Crippen LogP contribution in [0.25, 0.3) is 0 Å². The SMILES string of the molecule is Cc1ccn(CCN2CCC(Oc3ccccc3C)CC2)n1.O=C(O)C(F)(F)F. The number of rotatable bonds is 5. The predicted octanol–water partition coefficient (Wildman–Crippen LogP) is 3.68. The minimum absolute atomic E-state index is 0.351. The normalized spacial score (nSPS) is 15.5. The van der Waals surface area contributed by atoms with Gasteiger partial charge in [0.1, 0.15) is 11.9 Å². The van der Waals surface area contributed by atoms with Crippen LogP contribution in [0.5, 0.6) is 5.75 Å². The number of hydrogen-bond donors (Lipinski definition) is 1. The van der Waals surface area contributed by atoms with Crippen molar-refractivity contribution in [3.05, 3.63) is 47.8 Å². The molecule has 2 heterocycles. The van der Waals surface area contributed by atoms with Crippen molar-refractivity contribution >= 4 is 5.97 Å². The first kappa shape index (κ1) is 22.7. The van der Waals surface area contributed by atoms with E-state index in [-0.39, 0.29) is 0 Å². The number of halogens is 3. The van der Waals surface area contributed by atoms with E-state index < -0.39 is 12.1 Å². The van der Waals surface area contributed by atoms with Crippen LogP contribution >= 0.6 is 0 Å². The van der Waals surface area contributed by atoms with Crippen molar-refractivity contribution < 1.29 is 27.8 Å². The van der Waals surface area contributed by atoms with Gasteiger partial charge in [-0.1, -0.05) is 18.2 Å². The lowest BCUT2D eigenvalue weighted by atomic mass is 10.1. The summed E-state index contributed by atoms with van der Waals surface area (Å²) in [5, 5.41) is 11.6. The van der Waals surface area contributed by atoms with Gasteiger partial charge in [0.05, 0.1) is 12.2 Å². The van der Waals surface area contributed by atoms with Crippen molar-refractivity contribution in [3.8, 4) is 5.75 Å². The molecule has 9 heteroatoms. The van der Waals surface area contributed by atoms with Gasteiger partial charge in [-0.15, -0.1) is 0 Å². The molecule has 0 saturated carbocycles. The van der Waals surface area contributed by atoms with E-state index in [2.05, 4.69) is 47.4 Å². The summed E-state index contributed by atoms with van der Waals surface area (Å²) in [6, 6.07) is 10.3. The first-order valence-corrected chi connectivity index (χ1v) is 9.40. The summed E-state index contributed by atoms with van der Waals surface area (Å²) in [5.74, 6) is -1.72. The smallest absolute Gasteiger partial charge is 0.490 e. The molecule has 1 N–H and O–H groups in total. The van der Waals surface area contributed by atoms with Gasteiger partial charge >= 0.3 is 12.1 Å². The number of carboxylic acid groups (broad SMARTS) is 1. The van der Waals surface area contributed by atoms with E-state index in [1.165, 1.54) is 5.56 Å². The Morgan fingerprint density at radius 2 is 1.79 bits per heavy atom. The highest BCUT2D eigenvalue weighted by Crippen LogP contribution is 2.22.